The SMILES string of the molecule is COCCNc1ncc2ncnc(Nc3ccc(Oc4ccc5c(c4)ncn5C)c(C)c3)c2n1. The molecular formula is C24H24N8O2. The third kappa shape index (κ3) is 4.44. The van der Waals surface area contributed by atoms with Crippen LogP contribution < -0.4 is 15.4 Å². The second kappa shape index (κ2) is 9.28. The highest BCUT2D eigenvalue weighted by atomic mass is 16.5. The molecular weight excluding hydrogens is 432 g/mol. The molecule has 0 aliphatic carbocycles. The largest absolute Gasteiger partial charge is 0.457 e. The van der Waals surface area contributed by atoms with Gasteiger partial charge in [0, 0.05) is 32.5 Å². The van der Waals surface area contributed by atoms with Crippen molar-refractivity contribution < 1.29 is 9.47 Å². The van der Waals surface area contributed by atoms with Crippen LogP contribution in [0.3, 0.4) is 0 Å². The summed E-state index contributed by atoms with van der Waals surface area (Å²) in [4.78, 5) is 21.9. The molecule has 5 rings (SSSR count). The topological polar surface area (TPSA) is 112 Å². The lowest BCUT2D eigenvalue weighted by Crippen LogP contribution is -2.10. The van der Waals surface area contributed by atoms with Crippen molar-refractivity contribution in [1.82, 2.24) is 29.5 Å². The second-order valence-corrected chi connectivity index (χ2v) is 7.78. The maximum absolute atomic E-state index is 6.12. The van der Waals surface area contributed by atoms with E-state index in [0.29, 0.717) is 36.0 Å². The minimum absolute atomic E-state index is 0.493. The van der Waals surface area contributed by atoms with Crippen LogP contribution in [0.15, 0.2) is 55.2 Å². The molecule has 0 atom stereocenters. The molecule has 10 heteroatoms. The molecule has 3 heterocycles. The van der Waals surface area contributed by atoms with Gasteiger partial charge in [0.1, 0.15) is 28.9 Å². The lowest BCUT2D eigenvalue weighted by Gasteiger charge is -2.12. The number of hydrogen-bond acceptors (Lipinski definition) is 9. The van der Waals surface area contributed by atoms with E-state index in [-0.39, 0.29) is 0 Å². The van der Waals surface area contributed by atoms with Crippen molar-refractivity contribution in [1.29, 1.82) is 0 Å². The normalized spacial score (nSPS) is 11.1. The first-order valence-corrected chi connectivity index (χ1v) is 10.8. The fourth-order valence-electron chi connectivity index (χ4n) is 3.58. The number of fused-ring (bicyclic) bond motifs is 2. The Morgan fingerprint density at radius 1 is 1.00 bits per heavy atom. The van der Waals surface area contributed by atoms with Crippen molar-refractivity contribution in [3.05, 3.63) is 60.8 Å². The number of hydrogen-bond donors (Lipinski definition) is 2. The Hall–Kier alpha value is -4.31. The van der Waals surface area contributed by atoms with Crippen molar-refractivity contribution in [2.45, 2.75) is 6.92 Å². The highest BCUT2D eigenvalue weighted by Crippen LogP contribution is 2.30. The quantitative estimate of drug-likeness (QED) is 0.332. The predicted molar refractivity (Wildman–Crippen MR) is 131 cm³/mol. The van der Waals surface area contributed by atoms with Crippen LogP contribution in [0.2, 0.25) is 0 Å². The zero-order valence-corrected chi connectivity index (χ0v) is 19.1. The number of rotatable bonds is 8. The van der Waals surface area contributed by atoms with Crippen LogP contribution in [0.5, 0.6) is 11.5 Å². The van der Waals surface area contributed by atoms with Crippen LogP contribution in [-0.4, -0.2) is 49.7 Å². The summed E-state index contributed by atoms with van der Waals surface area (Å²) < 4.78 is 13.2. The Bertz CT molecular complexity index is 1470. The van der Waals surface area contributed by atoms with E-state index < -0.39 is 0 Å². The standard InChI is InChI=1S/C24H24N8O2/c1-15-10-16(4-7-21(15)34-17-5-6-20-18(11-17)29-14-32(20)2)30-23-22-19(27-13-28-23)12-26-24(31-22)25-8-9-33-3/h4-7,10-14H,8-9H2,1-3H3,(H,25,26,31)(H,27,28,30). The number of ether oxygens (including phenoxy) is 2. The van der Waals surface area contributed by atoms with Crippen LogP contribution in [-0.2, 0) is 11.8 Å². The number of imidazole rings is 1. The second-order valence-electron chi connectivity index (χ2n) is 7.78. The summed E-state index contributed by atoms with van der Waals surface area (Å²) in [6.07, 6.45) is 4.95. The van der Waals surface area contributed by atoms with Crippen molar-refractivity contribution in [2.24, 2.45) is 7.05 Å². The zero-order valence-electron chi connectivity index (χ0n) is 19.1. The van der Waals surface area contributed by atoms with E-state index in [4.69, 9.17) is 9.47 Å². The van der Waals surface area contributed by atoms with E-state index in [1.165, 1.54) is 6.33 Å². The van der Waals surface area contributed by atoms with Gasteiger partial charge in [-0.25, -0.2) is 24.9 Å². The lowest BCUT2D eigenvalue weighted by atomic mass is 10.2. The molecule has 3 aromatic heterocycles. The fourth-order valence-corrected chi connectivity index (χ4v) is 3.58. The number of nitrogens with zero attached hydrogens (tertiary/aromatic N) is 6. The number of benzene rings is 2. The van der Waals surface area contributed by atoms with E-state index >= 15 is 0 Å². The first-order valence-electron chi connectivity index (χ1n) is 10.8. The first-order chi connectivity index (χ1) is 16.6. The van der Waals surface area contributed by atoms with Gasteiger partial charge >= 0.3 is 0 Å². The van der Waals surface area contributed by atoms with Gasteiger partial charge in [-0.1, -0.05) is 0 Å². The summed E-state index contributed by atoms with van der Waals surface area (Å²) in [7, 11) is 3.62. The maximum Gasteiger partial charge on any atom is 0.223 e. The van der Waals surface area contributed by atoms with Crippen molar-refractivity contribution >= 4 is 39.5 Å². The third-order valence-corrected chi connectivity index (χ3v) is 5.33. The molecule has 0 unspecified atom stereocenters. The van der Waals surface area contributed by atoms with Gasteiger partial charge in [0.2, 0.25) is 5.95 Å². The van der Waals surface area contributed by atoms with E-state index in [9.17, 15) is 0 Å². The van der Waals surface area contributed by atoms with Gasteiger partial charge in [0.25, 0.3) is 0 Å². The summed E-state index contributed by atoms with van der Waals surface area (Å²) in [5, 5.41) is 6.47. The number of aryl methyl sites for hydroxylation is 2. The van der Waals surface area contributed by atoms with Crippen LogP contribution in [0, 0.1) is 6.92 Å². The summed E-state index contributed by atoms with van der Waals surface area (Å²) in [6.45, 7) is 3.16. The molecule has 2 aromatic carbocycles. The molecule has 5 aromatic rings. The van der Waals surface area contributed by atoms with Gasteiger partial charge in [-0.05, 0) is 42.8 Å². The van der Waals surface area contributed by atoms with E-state index in [2.05, 4.69) is 35.6 Å². The van der Waals surface area contributed by atoms with Crippen LogP contribution in [0.25, 0.3) is 22.1 Å². The van der Waals surface area contributed by atoms with Crippen LogP contribution in [0.1, 0.15) is 5.56 Å². The first kappa shape index (κ1) is 21.5. The number of nitrogens with one attached hydrogen (secondary N) is 2. The Balaban J connectivity index is 1.36. The van der Waals surface area contributed by atoms with Crippen LogP contribution in [0.4, 0.5) is 17.5 Å². The molecule has 0 fully saturated rings. The van der Waals surface area contributed by atoms with Gasteiger partial charge in [-0.3, -0.25) is 0 Å². The molecule has 10 nitrogen and oxygen atoms in total. The fraction of sp³-hybridized carbons (Fsp3) is 0.208. The van der Waals surface area contributed by atoms with Gasteiger partial charge in [0.15, 0.2) is 5.82 Å². The average Bonchev–Trinajstić information content (AvgIpc) is 3.21. The zero-order chi connectivity index (χ0) is 23.5. The molecule has 34 heavy (non-hydrogen) atoms. The van der Waals surface area contributed by atoms with Gasteiger partial charge < -0.3 is 24.7 Å². The minimum Gasteiger partial charge on any atom is -0.457 e. The van der Waals surface area contributed by atoms with Crippen LogP contribution >= 0.6 is 0 Å². The number of aromatic nitrogens is 6. The van der Waals surface area contributed by atoms with E-state index in [1.807, 2.05) is 54.9 Å². The molecule has 0 saturated heterocycles. The van der Waals surface area contributed by atoms with Crippen molar-refractivity contribution in [3.63, 3.8) is 0 Å². The Kier molecular flexibility index (Phi) is 5.88. The van der Waals surface area contributed by atoms with Gasteiger partial charge in [0.05, 0.1) is 30.2 Å². The molecule has 2 N–H and O–H groups in total. The minimum atomic E-state index is 0.493. The number of anilines is 3. The summed E-state index contributed by atoms with van der Waals surface area (Å²) in [5.41, 5.74) is 5.06. The third-order valence-electron chi connectivity index (χ3n) is 5.33. The maximum atomic E-state index is 6.12. The molecule has 0 bridgehead atoms. The Morgan fingerprint density at radius 2 is 1.91 bits per heavy atom. The predicted octanol–water partition coefficient (Wildman–Crippen LogP) is 4.21. The highest BCUT2D eigenvalue weighted by molar-refractivity contribution is 5.87. The van der Waals surface area contributed by atoms with Crippen molar-refractivity contribution in [3.8, 4) is 11.5 Å². The monoisotopic (exact) mass is 456 g/mol. The molecule has 0 saturated carbocycles. The Labute approximate surface area is 196 Å². The summed E-state index contributed by atoms with van der Waals surface area (Å²) in [5.74, 6) is 2.59. The Morgan fingerprint density at radius 3 is 2.76 bits per heavy atom. The lowest BCUT2D eigenvalue weighted by molar-refractivity contribution is 0.210. The van der Waals surface area contributed by atoms with Gasteiger partial charge in [-0.2, -0.15) is 0 Å². The number of methoxy groups -OCH3 is 1. The highest BCUT2D eigenvalue weighted by Gasteiger charge is 2.10. The molecule has 0 amide bonds. The molecule has 0 radical (unpaired) electrons. The molecule has 0 aliphatic heterocycles. The van der Waals surface area contributed by atoms with E-state index in [0.717, 1.165) is 33.8 Å². The smallest absolute Gasteiger partial charge is 0.223 e. The molecule has 0 aliphatic rings. The van der Waals surface area contributed by atoms with E-state index in [1.54, 1.807) is 19.6 Å². The van der Waals surface area contributed by atoms with Gasteiger partial charge in [-0.15, -0.1) is 0 Å². The van der Waals surface area contributed by atoms with Crippen molar-refractivity contribution in [2.75, 3.05) is 30.9 Å². The summed E-state index contributed by atoms with van der Waals surface area (Å²) in [6, 6.07) is 11.8. The average molecular weight is 457 g/mol. The summed E-state index contributed by atoms with van der Waals surface area (Å²) >= 11 is 0. The molecule has 0 spiro atoms. The molecule has 172 valence electrons.